The molecule has 0 radical (unpaired) electrons. The number of hydrogen-bond acceptors (Lipinski definition) is 6. The monoisotopic (exact) mass is 522 g/mol. The van der Waals surface area contributed by atoms with Gasteiger partial charge in [0.15, 0.2) is 5.69 Å². The van der Waals surface area contributed by atoms with Crippen molar-refractivity contribution in [1.82, 2.24) is 9.55 Å². The van der Waals surface area contributed by atoms with E-state index in [-0.39, 0.29) is 11.9 Å². The number of carbonyl (C=O) groups excluding carboxylic acids is 2. The van der Waals surface area contributed by atoms with Crippen molar-refractivity contribution in [2.45, 2.75) is 78.0 Å². The molecule has 6 nitrogen and oxygen atoms in total. The second-order valence-corrected chi connectivity index (χ2v) is 11.0. The molecule has 0 aliphatic carbocycles. The van der Waals surface area contributed by atoms with Crippen LogP contribution in [0.25, 0.3) is 11.1 Å². The van der Waals surface area contributed by atoms with Crippen LogP contribution in [-0.4, -0.2) is 39.5 Å². The number of rotatable bonds is 11. The Balaban J connectivity index is 1.95. The highest BCUT2D eigenvalue weighted by Crippen LogP contribution is 2.29. The molecule has 0 N–H and O–H groups in total. The number of ether oxygens (including phenoxy) is 2. The van der Waals surface area contributed by atoms with E-state index in [1.807, 2.05) is 74.7 Å². The Labute approximate surface area is 224 Å². The maximum absolute atomic E-state index is 12.9. The van der Waals surface area contributed by atoms with Gasteiger partial charge in [-0.2, -0.15) is 0 Å². The van der Waals surface area contributed by atoms with E-state index in [4.69, 9.17) is 14.5 Å². The van der Waals surface area contributed by atoms with Crippen molar-refractivity contribution in [1.29, 1.82) is 0 Å². The number of carbonyl (C=O) groups is 2. The summed E-state index contributed by atoms with van der Waals surface area (Å²) in [6.07, 6.45) is 2.84. The molecule has 0 saturated heterocycles. The third-order valence-electron chi connectivity index (χ3n) is 5.67. The predicted molar refractivity (Wildman–Crippen MR) is 149 cm³/mol. The van der Waals surface area contributed by atoms with Gasteiger partial charge in [-0.25, -0.2) is 14.6 Å². The number of hydrogen-bond donors (Lipinski definition) is 0. The summed E-state index contributed by atoms with van der Waals surface area (Å²) in [6.45, 7) is 12.4. The lowest BCUT2D eigenvalue weighted by molar-refractivity contribution is 0.00702. The molecule has 37 heavy (non-hydrogen) atoms. The molecule has 7 heteroatoms. The van der Waals surface area contributed by atoms with Crippen molar-refractivity contribution in [2.75, 3.05) is 12.4 Å². The van der Waals surface area contributed by atoms with Crippen molar-refractivity contribution < 1.29 is 19.1 Å². The minimum absolute atomic E-state index is 0.316. The second kappa shape index (κ2) is 13.0. The number of nitrogens with zero attached hydrogens (tertiary/aromatic N) is 2. The molecule has 3 rings (SSSR count). The number of unbranched alkanes of at least 4 members (excludes halogenated alkanes) is 1. The summed E-state index contributed by atoms with van der Waals surface area (Å²) < 4.78 is 13.0. The molecule has 0 atom stereocenters. The Bertz CT molecular complexity index is 1210. The van der Waals surface area contributed by atoms with E-state index in [1.165, 1.54) is 0 Å². The normalized spacial score (nSPS) is 11.4. The highest BCUT2D eigenvalue weighted by atomic mass is 32.2. The zero-order chi connectivity index (χ0) is 27.0. The van der Waals surface area contributed by atoms with Gasteiger partial charge in [-0.05, 0) is 62.6 Å². The van der Waals surface area contributed by atoms with Crippen molar-refractivity contribution in [3.8, 4) is 11.1 Å². The van der Waals surface area contributed by atoms with E-state index >= 15 is 0 Å². The molecule has 0 fully saturated rings. The number of imidazole rings is 1. The summed E-state index contributed by atoms with van der Waals surface area (Å²) in [7, 11) is 0. The third-order valence-corrected chi connectivity index (χ3v) is 6.52. The molecular formula is C30H38N2O4S. The molecule has 0 spiro atoms. The lowest BCUT2D eigenvalue weighted by Gasteiger charge is -2.20. The fourth-order valence-electron chi connectivity index (χ4n) is 4.02. The van der Waals surface area contributed by atoms with E-state index in [0.29, 0.717) is 24.4 Å². The van der Waals surface area contributed by atoms with Gasteiger partial charge in [0.25, 0.3) is 0 Å². The molecule has 1 heterocycles. The lowest BCUT2D eigenvalue weighted by Crippen LogP contribution is -2.24. The largest absolute Gasteiger partial charge is 0.461 e. The van der Waals surface area contributed by atoms with Crippen molar-refractivity contribution in [3.05, 3.63) is 71.2 Å². The standard InChI is InChI=1S/C30H38N2O4S/c1-7-10-15-25-31-27(37-9-3)26(29(34)35-8-2)32(25)20-21-16-18-22(19-17-21)23-13-11-12-14-24(23)28(33)36-30(4,5)6/h11-14,16-19H,7-10,15,20H2,1-6H3. The summed E-state index contributed by atoms with van der Waals surface area (Å²) in [5, 5.41) is 0.731. The summed E-state index contributed by atoms with van der Waals surface area (Å²) >= 11 is 1.57. The van der Waals surface area contributed by atoms with Gasteiger partial charge >= 0.3 is 11.9 Å². The zero-order valence-electron chi connectivity index (χ0n) is 22.8. The summed E-state index contributed by atoms with van der Waals surface area (Å²) in [5.74, 6) is 1.05. The first-order valence-electron chi connectivity index (χ1n) is 13.0. The Morgan fingerprint density at radius 1 is 0.973 bits per heavy atom. The smallest absolute Gasteiger partial charge is 0.357 e. The second-order valence-electron chi connectivity index (χ2n) is 9.77. The van der Waals surface area contributed by atoms with Crippen LogP contribution >= 0.6 is 11.8 Å². The molecular weight excluding hydrogens is 484 g/mol. The van der Waals surface area contributed by atoms with E-state index in [9.17, 15) is 9.59 Å². The van der Waals surface area contributed by atoms with Crippen LogP contribution in [0, 0.1) is 0 Å². The quantitative estimate of drug-likeness (QED) is 0.196. The van der Waals surface area contributed by atoms with Crippen LogP contribution in [0.4, 0.5) is 0 Å². The predicted octanol–water partition coefficient (Wildman–Crippen LogP) is 7.19. The zero-order valence-corrected chi connectivity index (χ0v) is 23.6. The van der Waals surface area contributed by atoms with E-state index in [1.54, 1.807) is 17.8 Å². The third kappa shape index (κ3) is 7.48. The van der Waals surface area contributed by atoms with Crippen molar-refractivity contribution >= 4 is 23.7 Å². The van der Waals surface area contributed by atoms with Crippen LogP contribution in [0.1, 0.15) is 86.6 Å². The molecule has 0 aliphatic heterocycles. The first kappa shape index (κ1) is 28.5. The molecule has 0 saturated carbocycles. The van der Waals surface area contributed by atoms with Crippen molar-refractivity contribution in [3.63, 3.8) is 0 Å². The lowest BCUT2D eigenvalue weighted by atomic mass is 9.98. The Hall–Kier alpha value is -3.06. The maximum Gasteiger partial charge on any atom is 0.357 e. The van der Waals surface area contributed by atoms with Gasteiger partial charge in [0.2, 0.25) is 0 Å². The molecule has 198 valence electrons. The summed E-state index contributed by atoms with van der Waals surface area (Å²) in [5.41, 5.74) is 3.28. The summed E-state index contributed by atoms with van der Waals surface area (Å²) in [6, 6.07) is 15.6. The molecule has 0 amide bonds. The topological polar surface area (TPSA) is 70.4 Å². The van der Waals surface area contributed by atoms with Crippen LogP contribution in [0.3, 0.4) is 0 Å². The van der Waals surface area contributed by atoms with Gasteiger partial charge in [-0.3, -0.25) is 0 Å². The van der Waals surface area contributed by atoms with E-state index in [2.05, 4.69) is 13.8 Å². The molecule has 2 aromatic carbocycles. The van der Waals surface area contributed by atoms with E-state index in [0.717, 1.165) is 52.6 Å². The van der Waals surface area contributed by atoms with Gasteiger partial charge in [0, 0.05) is 13.0 Å². The molecule has 1 aromatic heterocycles. The maximum atomic E-state index is 12.9. The number of aromatic nitrogens is 2. The van der Waals surface area contributed by atoms with Gasteiger partial charge < -0.3 is 14.0 Å². The highest BCUT2D eigenvalue weighted by Gasteiger charge is 2.25. The number of benzene rings is 2. The van der Waals surface area contributed by atoms with Crippen LogP contribution in [0.2, 0.25) is 0 Å². The van der Waals surface area contributed by atoms with Gasteiger partial charge in [-0.1, -0.05) is 62.7 Å². The SMILES string of the molecule is CCCCc1nc(SCC)c(C(=O)OCC)n1Cc1ccc(-c2ccccc2C(=O)OC(C)(C)C)cc1. The van der Waals surface area contributed by atoms with E-state index < -0.39 is 5.60 Å². The van der Waals surface area contributed by atoms with Crippen LogP contribution in [-0.2, 0) is 22.4 Å². The van der Waals surface area contributed by atoms with Gasteiger partial charge in [0.1, 0.15) is 16.5 Å². The number of aryl methyl sites for hydroxylation is 1. The average molecular weight is 523 g/mol. The Morgan fingerprint density at radius 3 is 2.30 bits per heavy atom. The number of esters is 2. The first-order chi connectivity index (χ1) is 17.7. The van der Waals surface area contributed by atoms with Crippen LogP contribution in [0.5, 0.6) is 0 Å². The van der Waals surface area contributed by atoms with Crippen LogP contribution < -0.4 is 0 Å². The molecule has 0 bridgehead atoms. The van der Waals surface area contributed by atoms with Gasteiger partial charge in [0.05, 0.1) is 12.2 Å². The van der Waals surface area contributed by atoms with Crippen LogP contribution in [0.15, 0.2) is 53.6 Å². The Kier molecular flexibility index (Phi) is 9.98. The molecule has 0 unspecified atom stereocenters. The first-order valence-corrected chi connectivity index (χ1v) is 14.0. The molecule has 0 aliphatic rings. The fourth-order valence-corrected chi connectivity index (χ4v) is 4.80. The highest BCUT2D eigenvalue weighted by molar-refractivity contribution is 7.99. The number of thioether (sulfide) groups is 1. The average Bonchev–Trinajstić information content (AvgIpc) is 3.19. The van der Waals surface area contributed by atoms with Gasteiger partial charge in [-0.15, -0.1) is 11.8 Å². The fraction of sp³-hybridized carbons (Fsp3) is 0.433. The Morgan fingerprint density at radius 2 is 1.68 bits per heavy atom. The minimum Gasteiger partial charge on any atom is -0.461 e. The minimum atomic E-state index is -0.570. The summed E-state index contributed by atoms with van der Waals surface area (Å²) in [4.78, 5) is 30.6. The molecule has 3 aromatic rings. The van der Waals surface area contributed by atoms with Crippen molar-refractivity contribution in [2.24, 2.45) is 0 Å².